The molecule has 0 atom stereocenters. The molecule has 0 saturated carbocycles. The van der Waals surface area contributed by atoms with Crippen molar-refractivity contribution in [1.29, 1.82) is 0 Å². The van der Waals surface area contributed by atoms with Crippen LogP contribution in [0.2, 0.25) is 0 Å². The number of H-pyrrole nitrogens is 1. The lowest BCUT2D eigenvalue weighted by Crippen LogP contribution is -2.15. The summed E-state index contributed by atoms with van der Waals surface area (Å²) in [4.78, 5) is 31.8. The molecule has 28 heavy (non-hydrogen) atoms. The summed E-state index contributed by atoms with van der Waals surface area (Å²) in [6, 6.07) is 11.6. The molecule has 0 fully saturated rings. The number of amides is 1. The van der Waals surface area contributed by atoms with Crippen LogP contribution < -0.4 is 16.2 Å². The van der Waals surface area contributed by atoms with E-state index in [0.717, 1.165) is 33.8 Å². The van der Waals surface area contributed by atoms with Gasteiger partial charge in [-0.25, -0.2) is 4.98 Å². The summed E-state index contributed by atoms with van der Waals surface area (Å²) in [5.74, 6) is 0.642. The Labute approximate surface area is 163 Å². The predicted molar refractivity (Wildman–Crippen MR) is 111 cm³/mol. The molecule has 3 N–H and O–H groups in total. The Morgan fingerprint density at radius 3 is 2.68 bits per heavy atom. The van der Waals surface area contributed by atoms with Crippen LogP contribution in [0.5, 0.6) is 0 Å². The van der Waals surface area contributed by atoms with E-state index in [2.05, 4.69) is 20.6 Å². The first-order chi connectivity index (χ1) is 13.4. The second kappa shape index (κ2) is 6.96. The fourth-order valence-corrected chi connectivity index (χ4v) is 3.51. The van der Waals surface area contributed by atoms with Crippen molar-refractivity contribution in [3.05, 3.63) is 69.8 Å². The number of aryl methyl sites for hydroxylation is 1. The van der Waals surface area contributed by atoms with E-state index in [1.54, 1.807) is 6.20 Å². The summed E-state index contributed by atoms with van der Waals surface area (Å²) >= 11 is 0. The Morgan fingerprint density at radius 2 is 1.93 bits per heavy atom. The molecule has 3 heterocycles. The minimum Gasteiger partial charge on any atom is -0.354 e. The van der Waals surface area contributed by atoms with E-state index in [9.17, 15) is 9.59 Å². The van der Waals surface area contributed by atoms with Gasteiger partial charge in [-0.2, -0.15) is 0 Å². The van der Waals surface area contributed by atoms with Crippen LogP contribution in [0.4, 0.5) is 17.2 Å². The molecule has 1 aliphatic rings. The lowest BCUT2D eigenvalue weighted by Gasteiger charge is -2.17. The Morgan fingerprint density at radius 1 is 1.11 bits per heavy atom. The standard InChI is InChI=1S/C22H22N4O2/c1-12(2)20-18(24-17-7-8-23-21-16(17)11-19(27)25-21)10-15(22(28)26-20)14-6-4-5-13(3)9-14/h4-10,12H,11H2,1-3H3,(H,26,28)(H2,23,24,25,27). The lowest BCUT2D eigenvalue weighted by molar-refractivity contribution is -0.115. The first-order valence-corrected chi connectivity index (χ1v) is 9.31. The summed E-state index contributed by atoms with van der Waals surface area (Å²) in [5.41, 5.74) is 5.75. The van der Waals surface area contributed by atoms with Gasteiger partial charge in [0.15, 0.2) is 0 Å². The van der Waals surface area contributed by atoms with Crippen molar-refractivity contribution >= 4 is 23.1 Å². The molecule has 6 nitrogen and oxygen atoms in total. The van der Waals surface area contributed by atoms with E-state index in [-0.39, 0.29) is 23.8 Å². The third kappa shape index (κ3) is 3.29. The third-order valence-electron chi connectivity index (χ3n) is 4.90. The largest absolute Gasteiger partial charge is 0.354 e. The van der Waals surface area contributed by atoms with Crippen LogP contribution in [-0.2, 0) is 11.2 Å². The lowest BCUT2D eigenvalue weighted by atomic mass is 10.0. The van der Waals surface area contributed by atoms with E-state index < -0.39 is 0 Å². The van der Waals surface area contributed by atoms with Gasteiger partial charge in [0.05, 0.1) is 12.1 Å². The van der Waals surface area contributed by atoms with Crippen LogP contribution in [0, 0.1) is 6.92 Å². The number of anilines is 3. The first-order valence-electron chi connectivity index (χ1n) is 9.31. The molecule has 0 saturated heterocycles. The van der Waals surface area contributed by atoms with E-state index in [1.807, 2.05) is 57.2 Å². The van der Waals surface area contributed by atoms with Gasteiger partial charge >= 0.3 is 0 Å². The molecule has 6 heteroatoms. The molecule has 142 valence electrons. The van der Waals surface area contributed by atoms with Gasteiger partial charge in [-0.3, -0.25) is 9.59 Å². The predicted octanol–water partition coefficient (Wildman–Crippen LogP) is 4.11. The summed E-state index contributed by atoms with van der Waals surface area (Å²) in [6.07, 6.45) is 1.95. The van der Waals surface area contributed by atoms with Crippen molar-refractivity contribution in [3.63, 3.8) is 0 Å². The number of fused-ring (bicyclic) bond motifs is 1. The normalized spacial score (nSPS) is 12.8. The summed E-state index contributed by atoms with van der Waals surface area (Å²) in [5, 5.41) is 6.19. The van der Waals surface area contributed by atoms with Crippen LogP contribution in [0.1, 0.15) is 36.6 Å². The number of aromatic amines is 1. The number of rotatable bonds is 4. The molecule has 1 amide bonds. The molecular formula is C22H22N4O2. The van der Waals surface area contributed by atoms with Crippen LogP contribution in [0.25, 0.3) is 11.1 Å². The fourth-order valence-electron chi connectivity index (χ4n) is 3.51. The summed E-state index contributed by atoms with van der Waals surface area (Å²) in [6.45, 7) is 6.07. The van der Waals surface area contributed by atoms with Crippen molar-refractivity contribution in [3.8, 4) is 11.1 Å². The van der Waals surface area contributed by atoms with E-state index >= 15 is 0 Å². The highest BCUT2D eigenvalue weighted by atomic mass is 16.2. The number of carbonyl (C=O) groups is 1. The molecule has 3 aromatic rings. The van der Waals surface area contributed by atoms with Crippen molar-refractivity contribution in [2.75, 3.05) is 10.6 Å². The number of aromatic nitrogens is 2. The average Bonchev–Trinajstić information content (AvgIpc) is 3.04. The van der Waals surface area contributed by atoms with Gasteiger partial charge in [-0.1, -0.05) is 43.7 Å². The molecule has 0 unspecified atom stereocenters. The molecule has 0 aliphatic carbocycles. The summed E-state index contributed by atoms with van der Waals surface area (Å²) in [7, 11) is 0. The Balaban J connectivity index is 1.83. The highest BCUT2D eigenvalue weighted by molar-refractivity contribution is 6.00. The Hall–Kier alpha value is -3.41. The topological polar surface area (TPSA) is 86.9 Å². The van der Waals surface area contributed by atoms with E-state index in [1.165, 1.54) is 0 Å². The zero-order valence-corrected chi connectivity index (χ0v) is 16.1. The van der Waals surface area contributed by atoms with Crippen molar-refractivity contribution in [2.24, 2.45) is 0 Å². The highest BCUT2D eigenvalue weighted by Gasteiger charge is 2.23. The van der Waals surface area contributed by atoms with Gasteiger partial charge < -0.3 is 15.6 Å². The molecular weight excluding hydrogens is 352 g/mol. The fraction of sp³-hybridized carbons (Fsp3) is 0.227. The van der Waals surface area contributed by atoms with Crippen molar-refractivity contribution in [1.82, 2.24) is 9.97 Å². The maximum absolute atomic E-state index is 12.7. The van der Waals surface area contributed by atoms with Gasteiger partial charge in [0.2, 0.25) is 5.91 Å². The molecule has 0 bridgehead atoms. The van der Waals surface area contributed by atoms with Crippen LogP contribution in [-0.4, -0.2) is 15.9 Å². The molecule has 1 aromatic carbocycles. The summed E-state index contributed by atoms with van der Waals surface area (Å²) < 4.78 is 0. The smallest absolute Gasteiger partial charge is 0.256 e. The minimum atomic E-state index is -0.114. The number of hydrogen-bond donors (Lipinski definition) is 3. The maximum Gasteiger partial charge on any atom is 0.256 e. The number of carbonyl (C=O) groups excluding carboxylic acids is 1. The molecule has 0 spiro atoms. The van der Waals surface area contributed by atoms with Crippen LogP contribution in [0.3, 0.4) is 0 Å². The van der Waals surface area contributed by atoms with Gasteiger partial charge in [-0.15, -0.1) is 0 Å². The molecule has 1 aliphatic heterocycles. The quantitative estimate of drug-likeness (QED) is 0.641. The zero-order valence-electron chi connectivity index (χ0n) is 16.1. The number of benzene rings is 1. The number of hydrogen-bond acceptors (Lipinski definition) is 4. The van der Waals surface area contributed by atoms with Crippen molar-refractivity contribution < 1.29 is 4.79 Å². The Bertz CT molecular complexity index is 1130. The van der Waals surface area contributed by atoms with Gasteiger partial charge in [0.25, 0.3) is 5.56 Å². The molecule has 4 rings (SSSR count). The van der Waals surface area contributed by atoms with Gasteiger partial charge in [0.1, 0.15) is 5.82 Å². The second-order valence-electron chi connectivity index (χ2n) is 7.40. The van der Waals surface area contributed by atoms with Gasteiger partial charge in [-0.05, 0) is 30.5 Å². The number of nitrogens with one attached hydrogen (secondary N) is 3. The molecule has 0 radical (unpaired) electrons. The van der Waals surface area contributed by atoms with E-state index in [0.29, 0.717) is 11.4 Å². The number of pyridine rings is 2. The zero-order chi connectivity index (χ0) is 19.8. The maximum atomic E-state index is 12.7. The molecule has 2 aromatic heterocycles. The van der Waals surface area contributed by atoms with Gasteiger partial charge in [0, 0.05) is 28.7 Å². The first kappa shape index (κ1) is 18.0. The Kier molecular flexibility index (Phi) is 4.47. The third-order valence-corrected chi connectivity index (χ3v) is 4.90. The van der Waals surface area contributed by atoms with Crippen LogP contribution in [0.15, 0.2) is 47.4 Å². The van der Waals surface area contributed by atoms with Crippen molar-refractivity contribution in [2.45, 2.75) is 33.1 Å². The van der Waals surface area contributed by atoms with Crippen LogP contribution >= 0.6 is 0 Å². The number of nitrogens with zero attached hydrogens (tertiary/aromatic N) is 1. The minimum absolute atomic E-state index is 0.0669. The average molecular weight is 374 g/mol. The second-order valence-corrected chi connectivity index (χ2v) is 7.40. The monoisotopic (exact) mass is 374 g/mol. The van der Waals surface area contributed by atoms with E-state index in [4.69, 9.17) is 0 Å². The highest BCUT2D eigenvalue weighted by Crippen LogP contribution is 2.33. The SMILES string of the molecule is Cc1cccc(-c2cc(Nc3ccnc4c3CC(=O)N4)c(C(C)C)[nH]c2=O)c1.